The number of hydrogen-bond donors (Lipinski definition) is 3. The van der Waals surface area contributed by atoms with Crippen molar-refractivity contribution in [2.75, 3.05) is 0 Å². The van der Waals surface area contributed by atoms with Gasteiger partial charge >= 0.3 is 0 Å². The first kappa shape index (κ1) is 23.1. The minimum Gasteiger partial charge on any atom is -0.359 e. The third-order valence-corrected chi connectivity index (χ3v) is 7.60. The molecule has 0 saturated heterocycles. The predicted octanol–water partition coefficient (Wildman–Crippen LogP) is 7.46. The first-order valence-electron chi connectivity index (χ1n) is 13.0. The summed E-state index contributed by atoms with van der Waals surface area (Å²) in [6.07, 6.45) is 7.01. The molecule has 7 nitrogen and oxygen atoms in total. The molecular weight excluding hydrogens is 482 g/mol. The van der Waals surface area contributed by atoms with Gasteiger partial charge in [-0.1, -0.05) is 0 Å². The summed E-state index contributed by atoms with van der Waals surface area (Å²) in [5.41, 5.74) is 16.3. The zero-order valence-electron chi connectivity index (χ0n) is 22.2. The van der Waals surface area contributed by atoms with Gasteiger partial charge in [-0.25, -0.2) is 0 Å². The summed E-state index contributed by atoms with van der Waals surface area (Å²) in [4.78, 5) is 29.6. The summed E-state index contributed by atoms with van der Waals surface area (Å²) in [6.45, 7) is 8.41. The molecule has 0 unspecified atom stereocenters. The van der Waals surface area contributed by atoms with Crippen molar-refractivity contribution in [1.82, 2.24) is 34.9 Å². The number of aromatic nitrogens is 7. The highest BCUT2D eigenvalue weighted by atomic mass is 14.8. The van der Waals surface area contributed by atoms with Gasteiger partial charge in [0.2, 0.25) is 0 Å². The maximum absolute atomic E-state index is 4.78. The van der Waals surface area contributed by atoms with Crippen LogP contribution in [0.15, 0.2) is 73.3 Å². The lowest BCUT2D eigenvalue weighted by molar-refractivity contribution is 1.25. The van der Waals surface area contributed by atoms with E-state index in [9.17, 15) is 0 Å². The minimum atomic E-state index is 0.861. The Labute approximate surface area is 225 Å². The van der Waals surface area contributed by atoms with Gasteiger partial charge in [-0.05, 0) is 87.4 Å². The van der Waals surface area contributed by atoms with Crippen molar-refractivity contribution in [3.8, 4) is 45.0 Å². The highest BCUT2D eigenvalue weighted by molar-refractivity contribution is 6.02. The Balaban J connectivity index is 1.41. The maximum atomic E-state index is 4.78. The van der Waals surface area contributed by atoms with Crippen LogP contribution in [0, 0.1) is 27.7 Å². The number of benzene rings is 2. The number of aromatic amines is 3. The molecule has 0 aliphatic heterocycles. The van der Waals surface area contributed by atoms with E-state index in [4.69, 9.17) is 19.9 Å². The molecule has 0 fully saturated rings. The molecule has 39 heavy (non-hydrogen) atoms. The Morgan fingerprint density at radius 3 is 1.13 bits per heavy atom. The van der Waals surface area contributed by atoms with Crippen LogP contribution in [-0.4, -0.2) is 34.9 Å². The summed E-state index contributed by atoms with van der Waals surface area (Å²) in [5.74, 6) is 0. The van der Waals surface area contributed by atoms with Gasteiger partial charge in [-0.3, -0.25) is 19.9 Å². The fraction of sp³-hybridized carbons (Fsp3) is 0.125. The minimum absolute atomic E-state index is 0.861. The van der Waals surface area contributed by atoms with Crippen LogP contribution in [0.5, 0.6) is 0 Å². The number of H-pyrrole nitrogens is 3. The van der Waals surface area contributed by atoms with Crippen molar-refractivity contribution in [1.29, 1.82) is 0 Å². The quantitative estimate of drug-likeness (QED) is 0.229. The summed E-state index contributed by atoms with van der Waals surface area (Å²) >= 11 is 0. The van der Waals surface area contributed by atoms with Crippen molar-refractivity contribution >= 4 is 22.1 Å². The summed E-state index contributed by atoms with van der Waals surface area (Å²) in [6, 6.07) is 16.9. The van der Waals surface area contributed by atoms with Crippen LogP contribution in [0.4, 0.5) is 0 Å². The molecule has 0 atom stereocenters. The highest BCUT2D eigenvalue weighted by Gasteiger charge is 2.21. The second-order valence-electron chi connectivity index (χ2n) is 10.1. The van der Waals surface area contributed by atoms with Gasteiger partial charge < -0.3 is 15.0 Å². The second kappa shape index (κ2) is 8.77. The third kappa shape index (κ3) is 3.66. The third-order valence-electron chi connectivity index (χ3n) is 7.60. The molecule has 7 rings (SSSR count). The standard InChI is InChI=1S/C32H27N7/c1-17-5-11-25(37-17)21-7-9-23(31-29(21)33-13-15-35-31)27-19(3)20(4)28(39-27)24-10-8-22(26-12-6-18(2)38-26)30-32(24)36-16-14-34-30/h5-16,37-39H,1-4H3. The number of nitrogens with one attached hydrogen (secondary N) is 3. The van der Waals surface area contributed by atoms with Gasteiger partial charge in [0.25, 0.3) is 0 Å². The molecule has 0 radical (unpaired) electrons. The average molecular weight is 510 g/mol. The number of aryl methyl sites for hydroxylation is 2. The molecule has 0 aliphatic carbocycles. The maximum Gasteiger partial charge on any atom is 0.0986 e. The normalized spacial score (nSPS) is 11.6. The molecule has 0 saturated carbocycles. The van der Waals surface area contributed by atoms with E-state index in [1.807, 2.05) is 0 Å². The Morgan fingerprint density at radius 2 is 0.769 bits per heavy atom. The van der Waals surface area contributed by atoms with E-state index in [1.54, 1.807) is 24.8 Å². The van der Waals surface area contributed by atoms with E-state index >= 15 is 0 Å². The van der Waals surface area contributed by atoms with Gasteiger partial charge in [0.05, 0.1) is 33.5 Å². The monoisotopic (exact) mass is 509 g/mol. The molecule has 7 heteroatoms. The molecule has 5 aromatic heterocycles. The Hall–Kier alpha value is -5.04. The van der Waals surface area contributed by atoms with Crippen LogP contribution >= 0.6 is 0 Å². The number of fused-ring (bicyclic) bond motifs is 2. The van der Waals surface area contributed by atoms with Crippen LogP contribution < -0.4 is 0 Å². The molecule has 2 aromatic carbocycles. The average Bonchev–Trinajstić information content (AvgIpc) is 3.67. The highest BCUT2D eigenvalue weighted by Crippen LogP contribution is 2.40. The summed E-state index contributed by atoms with van der Waals surface area (Å²) in [5, 5.41) is 0. The van der Waals surface area contributed by atoms with E-state index in [0.717, 1.165) is 78.5 Å². The lowest BCUT2D eigenvalue weighted by Crippen LogP contribution is -1.93. The first-order chi connectivity index (χ1) is 19.0. The van der Waals surface area contributed by atoms with Gasteiger partial charge in [0, 0.05) is 69.8 Å². The van der Waals surface area contributed by atoms with Crippen LogP contribution in [0.1, 0.15) is 22.5 Å². The molecular formula is C32H27N7. The Bertz CT molecular complexity index is 1880. The van der Waals surface area contributed by atoms with E-state index in [2.05, 4.69) is 91.2 Å². The topological polar surface area (TPSA) is 98.9 Å². The molecule has 190 valence electrons. The van der Waals surface area contributed by atoms with Crippen LogP contribution in [0.2, 0.25) is 0 Å². The smallest absolute Gasteiger partial charge is 0.0986 e. The van der Waals surface area contributed by atoms with Crippen molar-refractivity contribution in [3.63, 3.8) is 0 Å². The first-order valence-corrected chi connectivity index (χ1v) is 13.0. The van der Waals surface area contributed by atoms with Crippen LogP contribution in [0.3, 0.4) is 0 Å². The van der Waals surface area contributed by atoms with E-state index in [-0.39, 0.29) is 0 Å². The lowest BCUT2D eigenvalue weighted by atomic mass is 9.99. The van der Waals surface area contributed by atoms with Crippen LogP contribution in [-0.2, 0) is 0 Å². The fourth-order valence-electron chi connectivity index (χ4n) is 5.50. The zero-order valence-corrected chi connectivity index (χ0v) is 22.2. The second-order valence-corrected chi connectivity index (χ2v) is 10.1. The van der Waals surface area contributed by atoms with E-state index < -0.39 is 0 Å². The molecule has 3 N–H and O–H groups in total. The zero-order chi connectivity index (χ0) is 26.7. The van der Waals surface area contributed by atoms with E-state index in [1.165, 1.54) is 11.1 Å². The molecule has 0 amide bonds. The summed E-state index contributed by atoms with van der Waals surface area (Å²) < 4.78 is 0. The molecule has 7 aromatic rings. The molecule has 0 spiro atoms. The lowest BCUT2D eigenvalue weighted by Gasteiger charge is -2.10. The summed E-state index contributed by atoms with van der Waals surface area (Å²) in [7, 11) is 0. The Kier molecular flexibility index (Phi) is 5.20. The molecule has 0 bridgehead atoms. The number of hydrogen-bond acceptors (Lipinski definition) is 4. The van der Waals surface area contributed by atoms with Crippen molar-refractivity contribution in [3.05, 3.63) is 95.8 Å². The van der Waals surface area contributed by atoms with Gasteiger partial charge in [0.15, 0.2) is 0 Å². The predicted molar refractivity (Wildman–Crippen MR) is 156 cm³/mol. The van der Waals surface area contributed by atoms with Crippen molar-refractivity contribution in [2.24, 2.45) is 0 Å². The van der Waals surface area contributed by atoms with Gasteiger partial charge in [-0.15, -0.1) is 0 Å². The van der Waals surface area contributed by atoms with E-state index in [0.29, 0.717) is 0 Å². The van der Waals surface area contributed by atoms with Crippen molar-refractivity contribution < 1.29 is 0 Å². The largest absolute Gasteiger partial charge is 0.359 e. The number of nitrogens with zero attached hydrogens (tertiary/aromatic N) is 4. The fourth-order valence-corrected chi connectivity index (χ4v) is 5.50. The molecule has 5 heterocycles. The number of rotatable bonds is 4. The SMILES string of the molecule is Cc1ccc(-c2ccc(-c3[nH]c(-c4ccc(-c5ccc(C)[nH]5)c5nccnc45)c(C)c3C)c3nccnc23)[nH]1. The van der Waals surface area contributed by atoms with Gasteiger partial charge in [-0.2, -0.15) is 0 Å². The van der Waals surface area contributed by atoms with Gasteiger partial charge in [0.1, 0.15) is 0 Å². The van der Waals surface area contributed by atoms with Crippen LogP contribution in [0.25, 0.3) is 67.1 Å². The Morgan fingerprint density at radius 1 is 0.410 bits per heavy atom. The molecule has 0 aliphatic rings. The van der Waals surface area contributed by atoms with Crippen molar-refractivity contribution in [2.45, 2.75) is 27.7 Å².